The molecule has 0 radical (unpaired) electrons. The molecule has 4 rings (SSSR count). The number of ketones is 2. The third-order valence-corrected chi connectivity index (χ3v) is 9.06. The zero-order chi connectivity index (χ0) is 18.9. The molecule has 0 aromatic carbocycles. The van der Waals surface area contributed by atoms with Gasteiger partial charge in [0.2, 0.25) is 0 Å². The largest absolute Gasteiger partial charge is 0.388 e. The van der Waals surface area contributed by atoms with E-state index in [-0.39, 0.29) is 5.41 Å². The number of fused-ring (bicyclic) bond motifs is 5. The lowest BCUT2D eigenvalue weighted by atomic mass is 9.46. The van der Waals surface area contributed by atoms with Crippen molar-refractivity contribution in [2.45, 2.75) is 77.7 Å². The van der Waals surface area contributed by atoms with Crippen LogP contribution in [0.2, 0.25) is 0 Å². The Morgan fingerprint density at radius 2 is 1.85 bits per heavy atom. The minimum absolute atomic E-state index is 0.101. The second-order valence-electron chi connectivity index (χ2n) is 9.91. The van der Waals surface area contributed by atoms with Crippen LogP contribution < -0.4 is 0 Å². The summed E-state index contributed by atoms with van der Waals surface area (Å²) >= 11 is 0. The fraction of sp³-hybridized carbons (Fsp3) is 0.818. The third kappa shape index (κ3) is 2.15. The molecule has 26 heavy (non-hydrogen) atoms. The molecule has 0 aromatic rings. The molecule has 4 aliphatic rings. The second-order valence-corrected chi connectivity index (χ2v) is 9.91. The summed E-state index contributed by atoms with van der Waals surface area (Å²) in [7, 11) is 0. The summed E-state index contributed by atoms with van der Waals surface area (Å²) < 4.78 is 0. The van der Waals surface area contributed by atoms with Gasteiger partial charge in [-0.15, -0.1) is 0 Å². The highest BCUT2D eigenvalue weighted by molar-refractivity contribution is 5.89. The normalized spacial score (nSPS) is 48.0. The summed E-state index contributed by atoms with van der Waals surface area (Å²) in [4.78, 5) is 24.5. The van der Waals surface area contributed by atoms with Crippen LogP contribution in [0, 0.1) is 28.6 Å². The molecule has 4 heteroatoms. The maximum absolute atomic E-state index is 12.4. The van der Waals surface area contributed by atoms with Gasteiger partial charge in [0, 0.05) is 18.3 Å². The van der Waals surface area contributed by atoms with Gasteiger partial charge < -0.3 is 10.2 Å². The van der Waals surface area contributed by atoms with E-state index in [1.54, 1.807) is 0 Å². The smallest absolute Gasteiger partial charge is 0.190 e. The summed E-state index contributed by atoms with van der Waals surface area (Å²) in [6.45, 7) is 6.05. The summed E-state index contributed by atoms with van der Waals surface area (Å²) in [5, 5.41) is 20.6. The van der Waals surface area contributed by atoms with Crippen LogP contribution in [-0.4, -0.2) is 34.0 Å². The number of aliphatic hydroxyl groups excluding tert-OH is 1. The second kappa shape index (κ2) is 5.75. The Bertz CT molecular complexity index is 694. The van der Waals surface area contributed by atoms with Crippen LogP contribution in [0.1, 0.15) is 72.1 Å². The lowest BCUT2D eigenvalue weighted by molar-refractivity contribution is -0.164. The Morgan fingerprint density at radius 1 is 1.15 bits per heavy atom. The molecule has 0 aliphatic heterocycles. The molecule has 144 valence electrons. The predicted molar refractivity (Wildman–Crippen MR) is 98.4 cm³/mol. The number of hydrogen-bond acceptors (Lipinski definition) is 4. The summed E-state index contributed by atoms with van der Waals surface area (Å²) in [6.07, 6.45) is 6.41. The first-order valence-electron chi connectivity index (χ1n) is 10.2. The molecule has 0 saturated heterocycles. The highest BCUT2D eigenvalue weighted by atomic mass is 16.3. The van der Waals surface area contributed by atoms with E-state index < -0.39 is 23.4 Å². The van der Waals surface area contributed by atoms with Crippen LogP contribution in [0.15, 0.2) is 11.1 Å². The Kier molecular flexibility index (Phi) is 4.06. The Labute approximate surface area is 156 Å². The zero-order valence-electron chi connectivity index (χ0n) is 16.3. The lowest BCUT2D eigenvalue weighted by Crippen LogP contribution is -2.58. The number of Topliss-reactive ketones (excluding diaryl/α,β-unsaturated/α-hetero) is 2. The number of carbonyl (C=O) groups is 2. The molecule has 4 aliphatic carbocycles. The monoisotopic (exact) mass is 360 g/mol. The van der Waals surface area contributed by atoms with Gasteiger partial charge in [0.05, 0.1) is 0 Å². The predicted octanol–water partition coefficient (Wildman–Crippen LogP) is 3.20. The van der Waals surface area contributed by atoms with Gasteiger partial charge in [-0.3, -0.25) is 9.59 Å². The van der Waals surface area contributed by atoms with E-state index in [2.05, 4.69) is 20.8 Å². The van der Waals surface area contributed by atoms with Crippen LogP contribution in [-0.2, 0) is 9.59 Å². The molecule has 3 fully saturated rings. The van der Waals surface area contributed by atoms with Crippen molar-refractivity contribution in [1.82, 2.24) is 0 Å². The van der Waals surface area contributed by atoms with Crippen molar-refractivity contribution < 1.29 is 19.8 Å². The molecule has 0 aromatic heterocycles. The van der Waals surface area contributed by atoms with E-state index in [1.807, 2.05) is 0 Å². The first-order valence-corrected chi connectivity index (χ1v) is 10.2. The number of hydrogen-bond donors (Lipinski definition) is 2. The van der Waals surface area contributed by atoms with Gasteiger partial charge in [0.25, 0.3) is 0 Å². The molecule has 3 saturated carbocycles. The minimum atomic E-state index is -1.38. The Morgan fingerprint density at radius 3 is 2.54 bits per heavy atom. The molecule has 0 unspecified atom stereocenters. The van der Waals surface area contributed by atoms with Gasteiger partial charge in [-0.05, 0) is 68.6 Å². The number of allylic oxidation sites excluding steroid dienone is 2. The molecule has 0 bridgehead atoms. The van der Waals surface area contributed by atoms with Gasteiger partial charge in [0.1, 0.15) is 18.0 Å². The summed E-state index contributed by atoms with van der Waals surface area (Å²) in [6, 6.07) is 0. The Hall–Kier alpha value is -1.00. The Balaban J connectivity index is 1.73. The van der Waals surface area contributed by atoms with Crippen molar-refractivity contribution in [3.05, 3.63) is 11.1 Å². The minimum Gasteiger partial charge on any atom is -0.388 e. The van der Waals surface area contributed by atoms with E-state index in [1.165, 1.54) is 11.1 Å². The molecular weight excluding hydrogens is 328 g/mol. The van der Waals surface area contributed by atoms with Crippen molar-refractivity contribution in [3.63, 3.8) is 0 Å². The van der Waals surface area contributed by atoms with E-state index >= 15 is 0 Å². The molecule has 6 atom stereocenters. The van der Waals surface area contributed by atoms with Crippen LogP contribution in [0.4, 0.5) is 0 Å². The maximum Gasteiger partial charge on any atom is 0.190 e. The van der Waals surface area contributed by atoms with Crippen LogP contribution in [0.5, 0.6) is 0 Å². The number of rotatable bonds is 2. The van der Waals surface area contributed by atoms with E-state index in [4.69, 9.17) is 0 Å². The molecule has 4 nitrogen and oxygen atoms in total. The molecule has 0 spiro atoms. The fourth-order valence-corrected chi connectivity index (χ4v) is 7.53. The van der Waals surface area contributed by atoms with Crippen LogP contribution in [0.3, 0.4) is 0 Å². The highest BCUT2D eigenvalue weighted by Gasteiger charge is 2.66. The number of aliphatic hydroxyl groups is 2. The fourth-order valence-electron chi connectivity index (χ4n) is 7.53. The van der Waals surface area contributed by atoms with Gasteiger partial charge in [0.15, 0.2) is 5.78 Å². The van der Waals surface area contributed by atoms with Gasteiger partial charge >= 0.3 is 0 Å². The standard InChI is InChI=1S/C22H32O4/c1-13-10-15-16(20(2)7-4-14(24)11-18(13)20)5-8-21(3)17(15)6-9-22(21,26)19(25)12-23/h15-17,23,26H,4-12H2,1-3H3/t15-,16+,17+,20-,21+,22+/m1/s1. The third-order valence-electron chi connectivity index (χ3n) is 9.06. The summed E-state index contributed by atoms with van der Waals surface area (Å²) in [5.74, 6) is 1.29. The lowest BCUT2D eigenvalue weighted by Gasteiger charge is -2.59. The first kappa shape index (κ1) is 18.4. The van der Waals surface area contributed by atoms with Crippen LogP contribution in [0.25, 0.3) is 0 Å². The van der Waals surface area contributed by atoms with E-state index in [0.717, 1.165) is 32.1 Å². The van der Waals surface area contributed by atoms with Gasteiger partial charge in [-0.1, -0.05) is 25.0 Å². The van der Waals surface area contributed by atoms with Crippen LogP contribution >= 0.6 is 0 Å². The summed E-state index contributed by atoms with van der Waals surface area (Å²) in [5.41, 5.74) is 1.04. The maximum atomic E-state index is 12.4. The molecular formula is C22H32O4. The number of carbonyl (C=O) groups excluding carboxylic acids is 2. The van der Waals surface area contributed by atoms with Crippen molar-refractivity contribution >= 4 is 11.6 Å². The van der Waals surface area contributed by atoms with Gasteiger partial charge in [-0.2, -0.15) is 0 Å². The van der Waals surface area contributed by atoms with Gasteiger partial charge in [-0.25, -0.2) is 0 Å². The van der Waals surface area contributed by atoms with Crippen molar-refractivity contribution in [1.29, 1.82) is 0 Å². The average Bonchev–Trinajstić information content (AvgIpc) is 2.88. The molecule has 0 amide bonds. The highest BCUT2D eigenvalue weighted by Crippen LogP contribution is 2.67. The van der Waals surface area contributed by atoms with Crippen molar-refractivity contribution in [2.75, 3.05) is 6.61 Å². The average molecular weight is 360 g/mol. The molecule has 2 N–H and O–H groups in total. The van der Waals surface area contributed by atoms with Crippen molar-refractivity contribution in [2.24, 2.45) is 28.6 Å². The van der Waals surface area contributed by atoms with Crippen molar-refractivity contribution in [3.8, 4) is 0 Å². The topological polar surface area (TPSA) is 74.6 Å². The zero-order valence-corrected chi connectivity index (χ0v) is 16.3. The van der Waals surface area contributed by atoms with E-state index in [9.17, 15) is 19.8 Å². The quantitative estimate of drug-likeness (QED) is 0.742. The first-order chi connectivity index (χ1) is 12.2. The SMILES string of the molecule is CC1=C2CC(=O)CC[C@]2(C)[C@H]2CC[C@@]3(C)[C@@H](CC[C@]3(O)C(=O)CO)[C@@H]2C1. The van der Waals surface area contributed by atoms with E-state index in [0.29, 0.717) is 42.8 Å². The molecule has 0 heterocycles.